The zero-order chi connectivity index (χ0) is 13.5. The van der Waals surface area contributed by atoms with Gasteiger partial charge in [-0.2, -0.15) is 0 Å². The van der Waals surface area contributed by atoms with Crippen LogP contribution >= 0.6 is 0 Å². The number of hydrogen-bond acceptors (Lipinski definition) is 4. The van der Waals surface area contributed by atoms with Crippen LogP contribution in [0, 0.1) is 0 Å². The van der Waals surface area contributed by atoms with Gasteiger partial charge < -0.3 is 18.3 Å². The van der Waals surface area contributed by atoms with Crippen molar-refractivity contribution < 1.29 is 18.3 Å². The van der Waals surface area contributed by atoms with Gasteiger partial charge in [0.15, 0.2) is 0 Å². The molecule has 18 heavy (non-hydrogen) atoms. The second kappa shape index (κ2) is 15.1. The maximum absolute atomic E-state index is 5.77. The normalized spacial score (nSPS) is 11.3. The van der Waals surface area contributed by atoms with Crippen molar-refractivity contribution >= 4 is 9.28 Å². The highest BCUT2D eigenvalue weighted by molar-refractivity contribution is 6.44. The second-order valence-electron chi connectivity index (χ2n) is 4.36. The Labute approximate surface area is 114 Å². The molecule has 0 aliphatic heterocycles. The van der Waals surface area contributed by atoms with Crippen LogP contribution in [0.4, 0.5) is 0 Å². The van der Waals surface area contributed by atoms with Gasteiger partial charge in [0, 0.05) is 14.2 Å². The summed E-state index contributed by atoms with van der Waals surface area (Å²) in [5, 5.41) is 0. The molecular weight excluding hydrogens is 248 g/mol. The predicted molar refractivity (Wildman–Crippen MR) is 76.4 cm³/mol. The maximum atomic E-state index is 5.77. The molecule has 0 unspecified atom stereocenters. The Morgan fingerprint density at radius 2 is 1.28 bits per heavy atom. The van der Waals surface area contributed by atoms with E-state index >= 15 is 0 Å². The van der Waals surface area contributed by atoms with Crippen LogP contribution in [0.1, 0.15) is 39.0 Å². The van der Waals surface area contributed by atoms with Gasteiger partial charge in [0.1, 0.15) is 0 Å². The Balaban J connectivity index is 3.60. The lowest BCUT2D eigenvalue weighted by molar-refractivity contribution is 0.0993. The van der Waals surface area contributed by atoms with Crippen LogP contribution in [0.3, 0.4) is 0 Å². The molecule has 0 bridgehead atoms. The third kappa shape index (κ3) is 12.5. The van der Waals surface area contributed by atoms with E-state index in [1.54, 1.807) is 14.2 Å². The van der Waals surface area contributed by atoms with Crippen LogP contribution in [-0.4, -0.2) is 49.9 Å². The van der Waals surface area contributed by atoms with Crippen LogP contribution in [-0.2, 0) is 18.3 Å². The SMILES string of the molecule is CCCCCCC[SiH](OCCOC)OCCOC. The monoisotopic (exact) mass is 278 g/mol. The van der Waals surface area contributed by atoms with E-state index in [0.717, 1.165) is 6.04 Å². The lowest BCUT2D eigenvalue weighted by atomic mass is 10.2. The Kier molecular flexibility index (Phi) is 15.2. The first-order valence-electron chi connectivity index (χ1n) is 7.06. The van der Waals surface area contributed by atoms with E-state index in [1.807, 2.05) is 0 Å². The number of methoxy groups -OCH3 is 2. The molecule has 0 spiro atoms. The zero-order valence-corrected chi connectivity index (χ0v) is 13.4. The van der Waals surface area contributed by atoms with E-state index in [1.165, 1.54) is 32.1 Å². The third-order valence-electron chi connectivity index (χ3n) is 2.73. The van der Waals surface area contributed by atoms with Crippen molar-refractivity contribution in [3.8, 4) is 0 Å². The highest BCUT2D eigenvalue weighted by Crippen LogP contribution is 2.09. The van der Waals surface area contributed by atoms with Crippen molar-refractivity contribution in [2.45, 2.75) is 45.1 Å². The van der Waals surface area contributed by atoms with Crippen molar-refractivity contribution in [1.82, 2.24) is 0 Å². The summed E-state index contributed by atoms with van der Waals surface area (Å²) < 4.78 is 21.5. The molecule has 0 rings (SSSR count). The molecule has 0 N–H and O–H groups in total. The summed E-state index contributed by atoms with van der Waals surface area (Å²) in [6.07, 6.45) is 6.46. The highest BCUT2D eigenvalue weighted by Gasteiger charge is 2.12. The first-order valence-corrected chi connectivity index (χ1v) is 8.82. The Morgan fingerprint density at radius 3 is 1.78 bits per heavy atom. The molecule has 110 valence electrons. The van der Waals surface area contributed by atoms with Gasteiger partial charge in [0.25, 0.3) is 0 Å². The standard InChI is InChI=1S/C13H30O4Si/c1-4-5-6-7-8-13-18(16-11-9-14-2)17-12-10-15-3/h18H,4-13H2,1-3H3. The van der Waals surface area contributed by atoms with E-state index in [2.05, 4.69) is 6.92 Å². The van der Waals surface area contributed by atoms with Gasteiger partial charge in [-0.25, -0.2) is 0 Å². The van der Waals surface area contributed by atoms with Gasteiger partial charge in [-0.3, -0.25) is 0 Å². The lowest BCUT2D eigenvalue weighted by Gasteiger charge is -2.16. The van der Waals surface area contributed by atoms with Crippen LogP contribution in [0.15, 0.2) is 0 Å². The van der Waals surface area contributed by atoms with Gasteiger partial charge in [-0.15, -0.1) is 0 Å². The summed E-state index contributed by atoms with van der Waals surface area (Å²) in [4.78, 5) is 0. The summed E-state index contributed by atoms with van der Waals surface area (Å²) in [6, 6.07) is 1.09. The molecule has 0 aliphatic rings. The highest BCUT2D eigenvalue weighted by atomic mass is 28.3. The minimum absolute atomic E-state index is 0.646. The average Bonchev–Trinajstić information content (AvgIpc) is 2.38. The fourth-order valence-electron chi connectivity index (χ4n) is 1.66. The van der Waals surface area contributed by atoms with Gasteiger partial charge in [0.05, 0.1) is 26.4 Å². The summed E-state index contributed by atoms with van der Waals surface area (Å²) in [5.74, 6) is 0. The second-order valence-corrected chi connectivity index (χ2v) is 6.46. The molecule has 5 heteroatoms. The molecule has 0 aliphatic carbocycles. The van der Waals surface area contributed by atoms with Gasteiger partial charge in [-0.1, -0.05) is 39.0 Å². The first-order chi connectivity index (χ1) is 8.85. The quantitative estimate of drug-likeness (QED) is 0.361. The fraction of sp³-hybridized carbons (Fsp3) is 1.00. The molecule has 0 saturated heterocycles. The summed E-state index contributed by atoms with van der Waals surface area (Å²) >= 11 is 0. The van der Waals surface area contributed by atoms with Gasteiger partial charge >= 0.3 is 9.28 Å². The molecular formula is C13H30O4Si. The van der Waals surface area contributed by atoms with Crippen LogP contribution < -0.4 is 0 Å². The van der Waals surface area contributed by atoms with Crippen LogP contribution in [0.25, 0.3) is 0 Å². The number of rotatable bonds is 14. The minimum Gasteiger partial charge on any atom is -0.394 e. The molecule has 0 aromatic heterocycles. The summed E-state index contributed by atoms with van der Waals surface area (Å²) in [6.45, 7) is 4.82. The smallest absolute Gasteiger partial charge is 0.321 e. The Hall–Kier alpha value is 0.0569. The van der Waals surface area contributed by atoms with Crippen molar-refractivity contribution in [3.05, 3.63) is 0 Å². The summed E-state index contributed by atoms with van der Waals surface area (Å²) in [7, 11) is 1.87. The van der Waals surface area contributed by atoms with Crippen molar-refractivity contribution in [3.63, 3.8) is 0 Å². The van der Waals surface area contributed by atoms with E-state index in [4.69, 9.17) is 18.3 Å². The van der Waals surface area contributed by atoms with Gasteiger partial charge in [-0.05, 0) is 6.04 Å². The molecule has 0 radical (unpaired) electrons. The molecule has 0 amide bonds. The minimum atomic E-state index is -1.51. The van der Waals surface area contributed by atoms with Crippen molar-refractivity contribution in [2.24, 2.45) is 0 Å². The molecule has 0 heterocycles. The van der Waals surface area contributed by atoms with Crippen LogP contribution in [0.2, 0.25) is 6.04 Å². The number of ether oxygens (including phenoxy) is 2. The molecule has 0 aromatic rings. The van der Waals surface area contributed by atoms with E-state index in [0.29, 0.717) is 26.4 Å². The van der Waals surface area contributed by atoms with E-state index in [9.17, 15) is 0 Å². The molecule has 0 saturated carbocycles. The Bertz CT molecular complexity index is 148. The molecule has 0 atom stereocenters. The molecule has 4 nitrogen and oxygen atoms in total. The fourth-order valence-corrected chi connectivity index (χ4v) is 3.42. The summed E-state index contributed by atoms with van der Waals surface area (Å²) in [5.41, 5.74) is 0. The largest absolute Gasteiger partial charge is 0.394 e. The lowest BCUT2D eigenvalue weighted by Crippen LogP contribution is -2.26. The van der Waals surface area contributed by atoms with Crippen LogP contribution in [0.5, 0.6) is 0 Å². The zero-order valence-electron chi connectivity index (χ0n) is 12.3. The molecule has 0 aromatic carbocycles. The Morgan fingerprint density at radius 1 is 0.722 bits per heavy atom. The van der Waals surface area contributed by atoms with E-state index in [-0.39, 0.29) is 0 Å². The average molecular weight is 278 g/mol. The number of hydrogen-bond donors (Lipinski definition) is 0. The molecule has 0 fully saturated rings. The number of unbranched alkanes of at least 4 members (excludes halogenated alkanes) is 4. The topological polar surface area (TPSA) is 36.9 Å². The van der Waals surface area contributed by atoms with Crippen molar-refractivity contribution in [2.75, 3.05) is 40.6 Å². The first kappa shape index (κ1) is 18.1. The van der Waals surface area contributed by atoms with Crippen molar-refractivity contribution in [1.29, 1.82) is 0 Å². The third-order valence-corrected chi connectivity index (χ3v) is 4.82. The predicted octanol–water partition coefficient (Wildman–Crippen LogP) is 2.50. The van der Waals surface area contributed by atoms with Gasteiger partial charge in [0.2, 0.25) is 0 Å². The maximum Gasteiger partial charge on any atom is 0.321 e. The van der Waals surface area contributed by atoms with E-state index < -0.39 is 9.28 Å².